The van der Waals surface area contributed by atoms with Crippen molar-refractivity contribution >= 4 is 0 Å². The second kappa shape index (κ2) is 6.03. The van der Waals surface area contributed by atoms with Crippen LogP contribution in [0.5, 0.6) is 5.75 Å². The van der Waals surface area contributed by atoms with E-state index in [0.29, 0.717) is 13.2 Å². The fourth-order valence-corrected chi connectivity index (χ4v) is 1.38. The molecule has 1 aromatic carbocycles. The first-order valence-electron chi connectivity index (χ1n) is 6.09. The predicted molar refractivity (Wildman–Crippen MR) is 69.2 cm³/mol. The van der Waals surface area contributed by atoms with Crippen LogP contribution in [0, 0.1) is 6.92 Å². The summed E-state index contributed by atoms with van der Waals surface area (Å²) in [4.78, 5) is 0. The molecule has 0 aromatic heterocycles. The molecule has 3 nitrogen and oxygen atoms in total. The molecule has 0 fully saturated rings. The van der Waals surface area contributed by atoms with E-state index in [1.807, 2.05) is 31.2 Å². The highest BCUT2D eigenvalue weighted by molar-refractivity contribution is 5.26. The Labute approximate surface area is 104 Å². The van der Waals surface area contributed by atoms with Gasteiger partial charge in [-0.05, 0) is 39.8 Å². The molecule has 3 heteroatoms. The molecular formula is C14H24NO2+. The number of hydrogen-bond acceptors (Lipinski definition) is 2. The van der Waals surface area contributed by atoms with E-state index < -0.39 is 6.10 Å². The van der Waals surface area contributed by atoms with Crippen LogP contribution >= 0.6 is 0 Å². The van der Waals surface area contributed by atoms with Gasteiger partial charge in [0.15, 0.2) is 0 Å². The Bertz CT molecular complexity index is 327. The topological polar surface area (TPSA) is 46.1 Å². The molecule has 1 aromatic rings. The number of hydrogen-bond donors (Lipinski definition) is 2. The molecule has 0 bridgehead atoms. The minimum Gasteiger partial charge on any atom is -0.491 e. The van der Waals surface area contributed by atoms with Crippen LogP contribution in [0.3, 0.4) is 0 Å². The summed E-state index contributed by atoms with van der Waals surface area (Å²) in [6, 6.07) is 7.86. The fraction of sp³-hybridized carbons (Fsp3) is 0.571. The molecule has 96 valence electrons. The Morgan fingerprint density at radius 3 is 2.35 bits per heavy atom. The molecule has 0 aliphatic carbocycles. The summed E-state index contributed by atoms with van der Waals surface area (Å²) in [6.45, 7) is 9.42. The molecule has 1 atom stereocenters. The SMILES string of the molecule is Cc1ccc(OC[C@H](O)C[NH2+]C(C)(C)C)cc1. The van der Waals surface area contributed by atoms with Crippen molar-refractivity contribution in [3.8, 4) is 5.75 Å². The number of quaternary nitrogens is 1. The van der Waals surface area contributed by atoms with E-state index in [1.54, 1.807) is 0 Å². The Balaban J connectivity index is 2.28. The molecule has 0 unspecified atom stereocenters. The maximum Gasteiger partial charge on any atom is 0.137 e. The van der Waals surface area contributed by atoms with E-state index in [1.165, 1.54) is 5.56 Å². The number of aliphatic hydroxyl groups is 1. The third-order valence-corrected chi connectivity index (χ3v) is 2.47. The Morgan fingerprint density at radius 1 is 1.24 bits per heavy atom. The van der Waals surface area contributed by atoms with Gasteiger partial charge in [-0.2, -0.15) is 0 Å². The van der Waals surface area contributed by atoms with Gasteiger partial charge < -0.3 is 15.2 Å². The van der Waals surface area contributed by atoms with E-state index in [9.17, 15) is 5.11 Å². The van der Waals surface area contributed by atoms with Gasteiger partial charge in [0.05, 0.1) is 5.54 Å². The van der Waals surface area contributed by atoms with Gasteiger partial charge in [-0.3, -0.25) is 0 Å². The Morgan fingerprint density at radius 2 is 1.82 bits per heavy atom. The van der Waals surface area contributed by atoms with Gasteiger partial charge in [0.25, 0.3) is 0 Å². The van der Waals surface area contributed by atoms with E-state index in [2.05, 4.69) is 26.1 Å². The maximum absolute atomic E-state index is 9.77. The number of nitrogens with two attached hydrogens (primary N) is 1. The van der Waals surface area contributed by atoms with Gasteiger partial charge in [0.2, 0.25) is 0 Å². The van der Waals surface area contributed by atoms with Gasteiger partial charge in [-0.15, -0.1) is 0 Å². The second-order valence-corrected chi connectivity index (χ2v) is 5.58. The number of ether oxygens (including phenoxy) is 1. The minimum absolute atomic E-state index is 0.144. The summed E-state index contributed by atoms with van der Waals surface area (Å²) in [5.74, 6) is 0.811. The van der Waals surface area contributed by atoms with Crippen LogP contribution in [0.4, 0.5) is 0 Å². The standard InChI is InChI=1S/C14H23NO2/c1-11-5-7-13(8-6-11)17-10-12(16)9-15-14(2,3)4/h5-8,12,15-16H,9-10H2,1-4H3/p+1/t12-/m1/s1. The summed E-state index contributed by atoms with van der Waals surface area (Å²) >= 11 is 0. The second-order valence-electron chi connectivity index (χ2n) is 5.58. The average molecular weight is 238 g/mol. The molecule has 0 amide bonds. The van der Waals surface area contributed by atoms with Crippen molar-refractivity contribution in [2.24, 2.45) is 0 Å². The molecule has 1 rings (SSSR count). The van der Waals surface area contributed by atoms with E-state index in [-0.39, 0.29) is 5.54 Å². The van der Waals surface area contributed by atoms with Gasteiger partial charge in [0, 0.05) is 0 Å². The van der Waals surface area contributed by atoms with Crippen LogP contribution in [0.15, 0.2) is 24.3 Å². The third-order valence-electron chi connectivity index (χ3n) is 2.47. The van der Waals surface area contributed by atoms with E-state index in [0.717, 1.165) is 5.75 Å². The van der Waals surface area contributed by atoms with Crippen LogP contribution in [-0.4, -0.2) is 29.9 Å². The summed E-state index contributed by atoms with van der Waals surface area (Å²) in [7, 11) is 0. The Kier molecular flexibility index (Phi) is 4.97. The van der Waals surface area contributed by atoms with Crippen molar-refractivity contribution < 1.29 is 15.2 Å². The van der Waals surface area contributed by atoms with Crippen molar-refractivity contribution in [3.63, 3.8) is 0 Å². The first kappa shape index (κ1) is 14.0. The largest absolute Gasteiger partial charge is 0.491 e. The lowest BCUT2D eigenvalue weighted by Gasteiger charge is -2.19. The van der Waals surface area contributed by atoms with Crippen LogP contribution in [0.1, 0.15) is 26.3 Å². The average Bonchev–Trinajstić information content (AvgIpc) is 2.25. The van der Waals surface area contributed by atoms with Crippen molar-refractivity contribution in [3.05, 3.63) is 29.8 Å². The van der Waals surface area contributed by atoms with Crippen molar-refractivity contribution in [2.45, 2.75) is 39.3 Å². The molecule has 17 heavy (non-hydrogen) atoms. The predicted octanol–water partition coefficient (Wildman–Crippen LogP) is 1.10. The lowest BCUT2D eigenvalue weighted by atomic mass is 10.1. The van der Waals surface area contributed by atoms with Crippen LogP contribution < -0.4 is 10.1 Å². The van der Waals surface area contributed by atoms with E-state index in [4.69, 9.17) is 4.74 Å². The van der Waals surface area contributed by atoms with Crippen molar-refractivity contribution in [2.75, 3.05) is 13.2 Å². The maximum atomic E-state index is 9.77. The highest BCUT2D eigenvalue weighted by atomic mass is 16.5. The minimum atomic E-state index is -0.435. The molecule has 3 N–H and O–H groups in total. The van der Waals surface area contributed by atoms with Crippen molar-refractivity contribution in [1.82, 2.24) is 0 Å². The highest BCUT2D eigenvalue weighted by Crippen LogP contribution is 2.11. The molecule has 0 radical (unpaired) electrons. The summed E-state index contributed by atoms with van der Waals surface area (Å²) < 4.78 is 5.52. The molecule has 0 aliphatic rings. The summed E-state index contributed by atoms with van der Waals surface area (Å²) in [5.41, 5.74) is 1.35. The first-order chi connectivity index (χ1) is 7.87. The molecule has 0 heterocycles. The zero-order valence-electron chi connectivity index (χ0n) is 11.2. The lowest BCUT2D eigenvalue weighted by molar-refractivity contribution is -0.722. The molecule has 0 spiro atoms. The molecule has 0 saturated heterocycles. The van der Waals surface area contributed by atoms with Gasteiger partial charge in [-0.25, -0.2) is 0 Å². The summed E-state index contributed by atoms with van der Waals surface area (Å²) in [6.07, 6.45) is -0.435. The lowest BCUT2D eigenvalue weighted by Crippen LogP contribution is -2.96. The number of benzene rings is 1. The monoisotopic (exact) mass is 238 g/mol. The molecule has 0 saturated carbocycles. The quantitative estimate of drug-likeness (QED) is 0.807. The van der Waals surface area contributed by atoms with Gasteiger partial charge >= 0.3 is 0 Å². The third kappa shape index (κ3) is 6.29. The first-order valence-corrected chi connectivity index (χ1v) is 6.09. The zero-order valence-corrected chi connectivity index (χ0v) is 11.2. The smallest absolute Gasteiger partial charge is 0.137 e. The van der Waals surface area contributed by atoms with Crippen molar-refractivity contribution in [1.29, 1.82) is 0 Å². The number of aliphatic hydroxyl groups excluding tert-OH is 1. The van der Waals surface area contributed by atoms with Crippen LogP contribution in [0.25, 0.3) is 0 Å². The van der Waals surface area contributed by atoms with Gasteiger partial charge in [0.1, 0.15) is 25.0 Å². The Hall–Kier alpha value is -1.06. The highest BCUT2D eigenvalue weighted by Gasteiger charge is 2.16. The van der Waals surface area contributed by atoms with Crippen LogP contribution in [-0.2, 0) is 0 Å². The zero-order chi connectivity index (χ0) is 12.9. The molecular weight excluding hydrogens is 214 g/mol. The normalized spacial score (nSPS) is 13.5. The summed E-state index contributed by atoms with van der Waals surface area (Å²) in [5, 5.41) is 11.9. The van der Waals surface area contributed by atoms with Gasteiger partial charge in [-0.1, -0.05) is 17.7 Å². The molecule has 0 aliphatic heterocycles. The fourth-order valence-electron chi connectivity index (χ4n) is 1.38. The number of rotatable bonds is 5. The number of aryl methyl sites for hydroxylation is 1. The van der Waals surface area contributed by atoms with Crippen LogP contribution in [0.2, 0.25) is 0 Å². The van der Waals surface area contributed by atoms with E-state index >= 15 is 0 Å².